The number of rotatable bonds is 4. The van der Waals surface area contributed by atoms with E-state index in [1.807, 2.05) is 18.2 Å². The van der Waals surface area contributed by atoms with E-state index in [1.165, 1.54) is 18.4 Å². The molecule has 0 heterocycles. The van der Waals surface area contributed by atoms with Crippen molar-refractivity contribution >= 4 is 0 Å². The molecule has 0 N–H and O–H groups in total. The van der Waals surface area contributed by atoms with E-state index in [0.29, 0.717) is 12.5 Å². The van der Waals surface area contributed by atoms with Crippen LogP contribution in [-0.2, 0) is 0 Å². The van der Waals surface area contributed by atoms with Gasteiger partial charge in [0.15, 0.2) is 0 Å². The molecule has 1 aliphatic carbocycles. The highest BCUT2D eigenvalue weighted by atomic mass is 15.2. The predicted molar refractivity (Wildman–Crippen MR) is 60.2 cm³/mol. The van der Waals surface area contributed by atoms with Crippen molar-refractivity contribution in [1.82, 2.24) is 4.90 Å². The van der Waals surface area contributed by atoms with Gasteiger partial charge in [0.25, 0.3) is 0 Å². The van der Waals surface area contributed by atoms with Gasteiger partial charge in [-0.2, -0.15) is 5.26 Å². The fourth-order valence-corrected chi connectivity index (χ4v) is 1.99. The van der Waals surface area contributed by atoms with Gasteiger partial charge in [-0.3, -0.25) is 4.90 Å². The predicted octanol–water partition coefficient (Wildman–Crippen LogP) is 2.74. The number of nitrogens with zero attached hydrogens (tertiary/aromatic N) is 2. The molecule has 2 nitrogen and oxygen atoms in total. The minimum absolute atomic E-state index is 0.267. The second-order valence-electron chi connectivity index (χ2n) is 4.19. The van der Waals surface area contributed by atoms with Crippen LogP contribution >= 0.6 is 0 Å². The van der Waals surface area contributed by atoms with Crippen LogP contribution in [0.15, 0.2) is 30.3 Å². The van der Waals surface area contributed by atoms with E-state index in [1.54, 1.807) is 0 Å². The van der Waals surface area contributed by atoms with E-state index in [4.69, 9.17) is 5.26 Å². The van der Waals surface area contributed by atoms with Crippen LogP contribution in [0.2, 0.25) is 0 Å². The third-order valence-corrected chi connectivity index (χ3v) is 3.08. The number of hydrogen-bond acceptors (Lipinski definition) is 2. The van der Waals surface area contributed by atoms with Gasteiger partial charge in [-0.05, 0) is 25.5 Å². The quantitative estimate of drug-likeness (QED) is 0.747. The van der Waals surface area contributed by atoms with Gasteiger partial charge in [0.1, 0.15) is 0 Å². The summed E-state index contributed by atoms with van der Waals surface area (Å²) < 4.78 is 0. The van der Waals surface area contributed by atoms with Crippen LogP contribution in [0.5, 0.6) is 0 Å². The molecular formula is C13H16N2. The van der Waals surface area contributed by atoms with Gasteiger partial charge in [-0.15, -0.1) is 0 Å². The second kappa shape index (κ2) is 4.46. The molecule has 1 saturated carbocycles. The first kappa shape index (κ1) is 10.2. The molecule has 1 atom stereocenters. The minimum Gasteiger partial charge on any atom is -0.295 e. The van der Waals surface area contributed by atoms with Gasteiger partial charge in [0.2, 0.25) is 0 Å². The summed E-state index contributed by atoms with van der Waals surface area (Å²) in [6, 6.07) is 13.6. The Morgan fingerprint density at radius 1 is 1.40 bits per heavy atom. The second-order valence-corrected chi connectivity index (χ2v) is 4.19. The van der Waals surface area contributed by atoms with E-state index in [0.717, 1.165) is 0 Å². The Morgan fingerprint density at radius 2 is 2.07 bits per heavy atom. The lowest BCUT2D eigenvalue weighted by molar-refractivity contribution is 0.237. The number of hydrogen-bond donors (Lipinski definition) is 0. The maximum atomic E-state index is 8.87. The molecule has 2 rings (SSSR count). The molecule has 0 saturated heterocycles. The van der Waals surface area contributed by atoms with Crippen LogP contribution in [0.4, 0.5) is 0 Å². The highest BCUT2D eigenvalue weighted by molar-refractivity contribution is 5.20. The fraction of sp³-hybridized carbons (Fsp3) is 0.462. The van der Waals surface area contributed by atoms with Crippen molar-refractivity contribution in [3.8, 4) is 6.07 Å². The molecule has 0 aromatic heterocycles. The first-order valence-corrected chi connectivity index (χ1v) is 5.46. The van der Waals surface area contributed by atoms with Gasteiger partial charge in [-0.1, -0.05) is 30.3 Å². The lowest BCUT2D eigenvalue weighted by Gasteiger charge is -2.26. The van der Waals surface area contributed by atoms with Crippen molar-refractivity contribution in [3.63, 3.8) is 0 Å². The van der Waals surface area contributed by atoms with Gasteiger partial charge < -0.3 is 0 Å². The number of benzene rings is 1. The van der Waals surface area contributed by atoms with Crippen LogP contribution in [0.3, 0.4) is 0 Å². The van der Waals surface area contributed by atoms with Crippen LogP contribution < -0.4 is 0 Å². The SMILES string of the molecule is CN(C1CC1)C(CC#N)c1ccccc1. The fourth-order valence-electron chi connectivity index (χ4n) is 1.99. The molecule has 78 valence electrons. The molecule has 2 heteroatoms. The molecule has 15 heavy (non-hydrogen) atoms. The average Bonchev–Trinajstić information content (AvgIpc) is 3.10. The Hall–Kier alpha value is -1.33. The van der Waals surface area contributed by atoms with Crippen molar-refractivity contribution in [3.05, 3.63) is 35.9 Å². The van der Waals surface area contributed by atoms with E-state index >= 15 is 0 Å². The zero-order valence-electron chi connectivity index (χ0n) is 9.06. The van der Waals surface area contributed by atoms with E-state index in [-0.39, 0.29) is 6.04 Å². The summed E-state index contributed by atoms with van der Waals surface area (Å²) in [5.41, 5.74) is 1.26. The van der Waals surface area contributed by atoms with Crippen molar-refractivity contribution in [2.45, 2.75) is 31.3 Å². The zero-order valence-corrected chi connectivity index (χ0v) is 9.06. The smallest absolute Gasteiger partial charge is 0.0641 e. The first-order chi connectivity index (χ1) is 7.33. The van der Waals surface area contributed by atoms with Gasteiger partial charge in [0, 0.05) is 12.1 Å². The largest absolute Gasteiger partial charge is 0.295 e. The summed E-state index contributed by atoms with van der Waals surface area (Å²) in [4.78, 5) is 2.35. The molecule has 1 aromatic rings. The van der Waals surface area contributed by atoms with Gasteiger partial charge in [0.05, 0.1) is 12.5 Å². The van der Waals surface area contributed by atoms with Gasteiger partial charge >= 0.3 is 0 Å². The Labute approximate surface area is 91.1 Å². The molecule has 0 spiro atoms. The van der Waals surface area contributed by atoms with Crippen molar-refractivity contribution < 1.29 is 0 Å². The van der Waals surface area contributed by atoms with Gasteiger partial charge in [-0.25, -0.2) is 0 Å². The van der Waals surface area contributed by atoms with Crippen LogP contribution in [0, 0.1) is 11.3 Å². The molecule has 0 bridgehead atoms. The number of nitriles is 1. The van der Waals surface area contributed by atoms with Crippen LogP contribution in [0.25, 0.3) is 0 Å². The summed E-state index contributed by atoms with van der Waals surface area (Å²) in [6.07, 6.45) is 3.15. The van der Waals surface area contributed by atoms with Crippen LogP contribution in [-0.4, -0.2) is 18.0 Å². The first-order valence-electron chi connectivity index (χ1n) is 5.46. The summed E-state index contributed by atoms with van der Waals surface area (Å²) in [6.45, 7) is 0. The third-order valence-electron chi connectivity index (χ3n) is 3.08. The molecule has 1 fully saturated rings. The van der Waals surface area contributed by atoms with Crippen molar-refractivity contribution in [2.24, 2.45) is 0 Å². The van der Waals surface area contributed by atoms with Crippen LogP contribution in [0.1, 0.15) is 30.9 Å². The topological polar surface area (TPSA) is 27.0 Å². The molecule has 0 amide bonds. The maximum absolute atomic E-state index is 8.87. The highest BCUT2D eigenvalue weighted by Gasteiger charge is 2.31. The third kappa shape index (κ3) is 2.37. The molecule has 1 unspecified atom stereocenters. The average molecular weight is 200 g/mol. The van der Waals surface area contributed by atoms with E-state index < -0.39 is 0 Å². The van der Waals surface area contributed by atoms with Crippen molar-refractivity contribution in [1.29, 1.82) is 5.26 Å². The molecule has 0 radical (unpaired) electrons. The van der Waals surface area contributed by atoms with Crippen molar-refractivity contribution in [2.75, 3.05) is 7.05 Å². The van der Waals surface area contributed by atoms with E-state index in [9.17, 15) is 0 Å². The minimum atomic E-state index is 0.267. The molecule has 1 aromatic carbocycles. The monoisotopic (exact) mass is 200 g/mol. The maximum Gasteiger partial charge on any atom is 0.0641 e. The lowest BCUT2D eigenvalue weighted by Crippen LogP contribution is -2.26. The summed E-state index contributed by atoms with van der Waals surface area (Å²) >= 11 is 0. The molecule has 0 aliphatic heterocycles. The normalized spacial score (nSPS) is 17.4. The summed E-state index contributed by atoms with van der Waals surface area (Å²) in [5.74, 6) is 0. The standard InChI is InChI=1S/C13H16N2/c1-15(12-7-8-12)13(9-10-14)11-5-3-2-4-6-11/h2-6,12-13H,7-9H2,1H3. The summed E-state index contributed by atoms with van der Waals surface area (Å²) in [5, 5.41) is 8.87. The zero-order chi connectivity index (χ0) is 10.7. The summed E-state index contributed by atoms with van der Waals surface area (Å²) in [7, 11) is 2.13. The van der Waals surface area contributed by atoms with E-state index in [2.05, 4.69) is 30.1 Å². The Kier molecular flexibility index (Phi) is 3.03. The molecular weight excluding hydrogens is 184 g/mol. The molecule has 1 aliphatic rings. The Morgan fingerprint density at radius 3 is 2.60 bits per heavy atom. The Balaban J connectivity index is 2.15. The Bertz CT molecular complexity index is 349. The highest BCUT2D eigenvalue weighted by Crippen LogP contribution is 2.34. The lowest BCUT2D eigenvalue weighted by atomic mass is 10.0.